The van der Waals surface area contributed by atoms with Crippen LogP contribution in [0.25, 0.3) is 10.8 Å². The molecule has 2 bridgehead atoms. The minimum absolute atomic E-state index is 0.0175. The van der Waals surface area contributed by atoms with E-state index in [9.17, 15) is 18.0 Å². The van der Waals surface area contributed by atoms with E-state index >= 15 is 0 Å². The van der Waals surface area contributed by atoms with Gasteiger partial charge in [-0.25, -0.2) is 5.06 Å². The summed E-state index contributed by atoms with van der Waals surface area (Å²) < 4.78 is 36.4. The first-order valence-corrected chi connectivity index (χ1v) is 11.9. The van der Waals surface area contributed by atoms with Crippen molar-refractivity contribution in [2.24, 2.45) is 16.7 Å². The van der Waals surface area contributed by atoms with Crippen LogP contribution in [0.4, 0.5) is 0 Å². The van der Waals surface area contributed by atoms with Crippen LogP contribution in [0.5, 0.6) is 5.75 Å². The highest BCUT2D eigenvalue weighted by Crippen LogP contribution is 2.64. The molecule has 0 saturated heterocycles. The number of nitrogens with zero attached hydrogens (tertiary/aromatic N) is 1. The van der Waals surface area contributed by atoms with Crippen LogP contribution in [0, 0.1) is 16.7 Å². The predicted octanol–water partition coefficient (Wildman–Crippen LogP) is 3.58. The first-order valence-electron chi connectivity index (χ1n) is 10.3. The molecule has 31 heavy (non-hydrogen) atoms. The normalized spacial score (nSPS) is 24.5. The lowest BCUT2D eigenvalue weighted by Gasteiger charge is -2.36. The van der Waals surface area contributed by atoms with Crippen LogP contribution in [0.2, 0.25) is 0 Å². The molecule has 2 aromatic rings. The molecule has 0 N–H and O–H groups in total. The number of rotatable bonds is 6. The second-order valence-corrected chi connectivity index (χ2v) is 10.7. The number of Topliss-reactive ketones (excluding diaryl/α,β-unsaturated/α-hetero) is 1. The van der Waals surface area contributed by atoms with Gasteiger partial charge in [0.05, 0.1) is 18.3 Å². The number of carbonyl (C=O) groups excluding carboxylic acids is 2. The predicted molar refractivity (Wildman–Crippen MR) is 116 cm³/mol. The molecule has 0 heterocycles. The molecule has 4 rings (SSSR count). The van der Waals surface area contributed by atoms with E-state index in [1.807, 2.05) is 26.0 Å². The zero-order valence-electron chi connectivity index (χ0n) is 18.2. The summed E-state index contributed by atoms with van der Waals surface area (Å²) in [5.74, 6) is -0.221. The van der Waals surface area contributed by atoms with E-state index in [0.29, 0.717) is 29.5 Å². The lowest BCUT2D eigenvalue weighted by Crippen LogP contribution is -2.44. The number of ketones is 1. The fourth-order valence-corrected chi connectivity index (χ4v) is 7.19. The van der Waals surface area contributed by atoms with Gasteiger partial charge in [0.2, 0.25) is 0 Å². The van der Waals surface area contributed by atoms with Gasteiger partial charge in [0.25, 0.3) is 16.0 Å². The molecule has 0 spiro atoms. The number of amides is 1. The molecule has 2 fully saturated rings. The van der Waals surface area contributed by atoms with Gasteiger partial charge in [-0.05, 0) is 41.7 Å². The van der Waals surface area contributed by atoms with Crippen molar-refractivity contribution in [3.63, 3.8) is 0 Å². The number of hydrogen-bond donors (Lipinski definition) is 0. The molecule has 2 aromatic carbocycles. The minimum Gasteiger partial charge on any atom is -0.496 e. The van der Waals surface area contributed by atoms with Gasteiger partial charge in [-0.2, -0.15) is 8.42 Å². The van der Waals surface area contributed by atoms with E-state index in [0.717, 1.165) is 16.9 Å². The van der Waals surface area contributed by atoms with Crippen LogP contribution in [0.1, 0.15) is 43.5 Å². The average molecular weight is 446 g/mol. The van der Waals surface area contributed by atoms with Crippen LogP contribution in [0.15, 0.2) is 36.4 Å². The molecule has 0 aromatic heterocycles. The number of fused-ring (bicyclic) bond motifs is 3. The molecule has 1 amide bonds. The van der Waals surface area contributed by atoms with Gasteiger partial charge in [-0.3, -0.25) is 9.59 Å². The van der Waals surface area contributed by atoms with Gasteiger partial charge >= 0.3 is 0 Å². The molecule has 0 radical (unpaired) electrons. The Morgan fingerprint density at radius 2 is 1.84 bits per heavy atom. The Morgan fingerprint density at radius 3 is 2.42 bits per heavy atom. The van der Waals surface area contributed by atoms with Gasteiger partial charge in [-0.15, -0.1) is 4.28 Å². The average Bonchev–Trinajstić information content (AvgIpc) is 3.06. The van der Waals surface area contributed by atoms with Crippen molar-refractivity contribution >= 4 is 32.6 Å². The van der Waals surface area contributed by atoms with E-state index in [4.69, 9.17) is 9.02 Å². The first-order chi connectivity index (χ1) is 14.5. The van der Waals surface area contributed by atoms with E-state index < -0.39 is 32.6 Å². The maximum absolute atomic E-state index is 13.1. The van der Waals surface area contributed by atoms with Crippen molar-refractivity contribution in [3.05, 3.63) is 42.0 Å². The molecule has 2 saturated carbocycles. The zero-order chi connectivity index (χ0) is 22.6. The lowest BCUT2D eigenvalue weighted by atomic mass is 9.70. The summed E-state index contributed by atoms with van der Waals surface area (Å²) in [5.41, 5.74) is -1.06. The molecule has 2 aliphatic rings. The molecular weight excluding hydrogens is 418 g/mol. The summed E-state index contributed by atoms with van der Waals surface area (Å²) in [6.07, 6.45) is 1.78. The van der Waals surface area contributed by atoms with Crippen LogP contribution in [0.3, 0.4) is 0 Å². The Hall–Kier alpha value is -2.45. The lowest BCUT2D eigenvalue weighted by molar-refractivity contribution is -0.128. The summed E-state index contributed by atoms with van der Waals surface area (Å²) in [6.45, 7) is 3.92. The number of ether oxygens (including phenoxy) is 1. The van der Waals surface area contributed by atoms with Crippen LogP contribution >= 0.6 is 0 Å². The molecule has 7 nitrogen and oxygen atoms in total. The Labute approximate surface area is 182 Å². The Morgan fingerprint density at radius 1 is 1.16 bits per heavy atom. The summed E-state index contributed by atoms with van der Waals surface area (Å²) in [4.78, 5) is 25.7. The van der Waals surface area contributed by atoms with E-state index in [1.54, 1.807) is 31.4 Å². The van der Waals surface area contributed by atoms with Crippen molar-refractivity contribution < 1.29 is 27.0 Å². The Bertz CT molecular complexity index is 1170. The first kappa shape index (κ1) is 21.8. The Balaban J connectivity index is 1.59. The molecule has 2 unspecified atom stereocenters. The second kappa shape index (κ2) is 7.31. The molecule has 2 atom stereocenters. The monoisotopic (exact) mass is 445 g/mol. The number of benzene rings is 2. The number of methoxy groups -OCH3 is 1. The van der Waals surface area contributed by atoms with E-state index in [2.05, 4.69) is 0 Å². The molecular formula is C23H27NO6S. The standard InChI is InChI=1S/C23H27NO6S/c1-22(2)15-11-12-23(22,20(25)13-15)14-31(27,28)30-24(3)21(26)18-9-10-19(29-4)17-8-6-5-7-16(17)18/h5-10,15H,11-14H2,1-4H3. The fourth-order valence-electron chi connectivity index (χ4n) is 5.45. The fraction of sp³-hybridized carbons (Fsp3) is 0.478. The third-order valence-electron chi connectivity index (χ3n) is 7.41. The van der Waals surface area contributed by atoms with Crippen LogP contribution < -0.4 is 4.74 Å². The molecule has 2 aliphatic carbocycles. The van der Waals surface area contributed by atoms with Crippen molar-refractivity contribution in [3.8, 4) is 5.75 Å². The maximum Gasteiger partial charge on any atom is 0.289 e. The van der Waals surface area contributed by atoms with Crippen LogP contribution in [-0.2, 0) is 19.2 Å². The zero-order valence-corrected chi connectivity index (χ0v) is 19.0. The second-order valence-electron chi connectivity index (χ2n) is 9.11. The summed E-state index contributed by atoms with van der Waals surface area (Å²) in [6, 6.07) is 10.5. The molecule has 166 valence electrons. The summed E-state index contributed by atoms with van der Waals surface area (Å²) in [5, 5.41) is 2.10. The number of hydroxylamine groups is 2. The van der Waals surface area contributed by atoms with Gasteiger partial charge in [-0.1, -0.05) is 38.1 Å². The third-order valence-corrected chi connectivity index (χ3v) is 8.71. The largest absolute Gasteiger partial charge is 0.496 e. The van der Waals surface area contributed by atoms with Crippen molar-refractivity contribution in [2.45, 2.75) is 33.1 Å². The third kappa shape index (κ3) is 3.32. The van der Waals surface area contributed by atoms with Gasteiger partial charge in [0.15, 0.2) is 0 Å². The van der Waals surface area contributed by atoms with E-state index in [1.165, 1.54) is 7.05 Å². The number of hydrogen-bond acceptors (Lipinski definition) is 6. The highest BCUT2D eigenvalue weighted by Gasteiger charge is 2.65. The molecule has 8 heteroatoms. The van der Waals surface area contributed by atoms with E-state index in [-0.39, 0.29) is 11.7 Å². The van der Waals surface area contributed by atoms with Crippen molar-refractivity contribution in [2.75, 3.05) is 19.9 Å². The molecule has 0 aliphatic heterocycles. The van der Waals surface area contributed by atoms with Gasteiger partial charge in [0, 0.05) is 24.4 Å². The highest BCUT2D eigenvalue weighted by molar-refractivity contribution is 7.86. The van der Waals surface area contributed by atoms with Crippen LogP contribution in [-0.4, -0.2) is 45.1 Å². The maximum atomic E-state index is 13.1. The topological polar surface area (TPSA) is 90.0 Å². The highest BCUT2D eigenvalue weighted by atomic mass is 32.2. The summed E-state index contributed by atoms with van der Waals surface area (Å²) in [7, 11) is -1.35. The summed E-state index contributed by atoms with van der Waals surface area (Å²) >= 11 is 0. The quantitative estimate of drug-likeness (QED) is 0.632. The SMILES string of the molecule is COc1ccc(C(=O)N(C)OS(=O)(=O)CC23CCC(CC2=O)C3(C)C)c2ccccc12. The Kier molecular flexibility index (Phi) is 5.13. The van der Waals surface area contributed by atoms with Gasteiger partial charge < -0.3 is 4.74 Å². The smallest absolute Gasteiger partial charge is 0.289 e. The minimum atomic E-state index is -4.17. The van der Waals surface area contributed by atoms with Crippen molar-refractivity contribution in [1.82, 2.24) is 5.06 Å². The van der Waals surface area contributed by atoms with Crippen molar-refractivity contribution in [1.29, 1.82) is 0 Å². The number of carbonyl (C=O) groups is 2. The van der Waals surface area contributed by atoms with Gasteiger partial charge in [0.1, 0.15) is 11.5 Å².